The highest BCUT2D eigenvalue weighted by Gasteiger charge is 2.11. The fourth-order valence-corrected chi connectivity index (χ4v) is 3.21. The molecule has 0 saturated carbocycles. The molecule has 0 aromatic heterocycles. The van der Waals surface area contributed by atoms with Crippen LogP contribution in [-0.2, 0) is 13.2 Å². The number of halogens is 2. The maximum Gasteiger partial charge on any atom is 0.269 e. The first kappa shape index (κ1) is 23.3. The van der Waals surface area contributed by atoms with Crippen LogP contribution >= 0.6 is 11.6 Å². The number of benzene rings is 3. The molecule has 0 atom stereocenters. The van der Waals surface area contributed by atoms with Gasteiger partial charge in [-0.2, -0.15) is 0 Å². The molecule has 0 unspecified atom stereocenters. The molecule has 0 amide bonds. The Morgan fingerprint density at radius 1 is 1.06 bits per heavy atom. The summed E-state index contributed by atoms with van der Waals surface area (Å²) in [5.74, 6) is 0.621. The van der Waals surface area contributed by atoms with Crippen molar-refractivity contribution in [3.8, 4) is 11.5 Å². The fraction of sp³-hybridized carbons (Fsp3) is 0.217. The third-order valence-electron chi connectivity index (χ3n) is 4.70. The van der Waals surface area contributed by atoms with Crippen LogP contribution in [0.25, 0.3) is 0 Å². The molecule has 32 heavy (non-hydrogen) atoms. The van der Waals surface area contributed by atoms with E-state index in [1.54, 1.807) is 37.4 Å². The lowest BCUT2D eigenvalue weighted by Crippen LogP contribution is -2.21. The molecule has 0 fully saturated rings. The van der Waals surface area contributed by atoms with Gasteiger partial charge >= 0.3 is 0 Å². The summed E-state index contributed by atoms with van der Waals surface area (Å²) in [4.78, 5) is 10.3. The van der Waals surface area contributed by atoms with Gasteiger partial charge in [0.1, 0.15) is 12.4 Å². The topological polar surface area (TPSA) is 85.7 Å². The van der Waals surface area contributed by atoms with Crippen molar-refractivity contribution in [3.63, 3.8) is 0 Å². The average Bonchev–Trinajstić information content (AvgIpc) is 2.79. The van der Waals surface area contributed by atoms with Gasteiger partial charge in [-0.15, -0.1) is 0 Å². The Morgan fingerprint density at radius 2 is 1.84 bits per heavy atom. The van der Waals surface area contributed by atoms with E-state index in [0.29, 0.717) is 41.7 Å². The summed E-state index contributed by atoms with van der Waals surface area (Å²) in [5, 5.41) is 17.5. The smallest absolute Gasteiger partial charge is 0.269 e. The molecular weight excluding hydrogens is 437 g/mol. The number of non-ortho nitro benzene ring substituents is 1. The van der Waals surface area contributed by atoms with E-state index in [1.807, 2.05) is 12.1 Å². The van der Waals surface area contributed by atoms with E-state index in [1.165, 1.54) is 18.2 Å². The van der Waals surface area contributed by atoms with E-state index >= 15 is 0 Å². The van der Waals surface area contributed by atoms with Gasteiger partial charge in [0, 0.05) is 43.0 Å². The summed E-state index contributed by atoms with van der Waals surface area (Å²) < 4.78 is 25.1. The number of nitro benzene ring substituents is 1. The van der Waals surface area contributed by atoms with Crippen molar-refractivity contribution in [2.75, 3.05) is 25.5 Å². The molecule has 0 saturated heterocycles. The number of nitrogens with one attached hydrogen (secondary N) is 2. The summed E-state index contributed by atoms with van der Waals surface area (Å²) in [6, 6.07) is 16.3. The van der Waals surface area contributed by atoms with Gasteiger partial charge in [0.15, 0.2) is 11.5 Å². The van der Waals surface area contributed by atoms with Gasteiger partial charge in [0.25, 0.3) is 5.69 Å². The number of methoxy groups -OCH3 is 1. The summed E-state index contributed by atoms with van der Waals surface area (Å²) in [7, 11) is 1.55. The molecule has 3 rings (SSSR count). The Balaban J connectivity index is 1.47. The van der Waals surface area contributed by atoms with Crippen LogP contribution in [-0.4, -0.2) is 25.1 Å². The highest BCUT2D eigenvalue weighted by molar-refractivity contribution is 6.31. The Bertz CT molecular complexity index is 1040. The van der Waals surface area contributed by atoms with E-state index in [9.17, 15) is 14.5 Å². The number of anilines is 1. The van der Waals surface area contributed by atoms with Crippen molar-refractivity contribution in [1.82, 2.24) is 5.32 Å². The third-order valence-corrected chi connectivity index (χ3v) is 5.05. The summed E-state index contributed by atoms with van der Waals surface area (Å²) in [5.41, 5.74) is 2.17. The zero-order valence-electron chi connectivity index (χ0n) is 17.4. The minimum atomic E-state index is -0.426. The number of rotatable bonds is 11. The van der Waals surface area contributed by atoms with E-state index < -0.39 is 10.7 Å². The molecule has 0 heterocycles. The highest BCUT2D eigenvalue weighted by atomic mass is 35.5. The molecule has 0 aliphatic carbocycles. The molecule has 168 valence electrons. The normalized spacial score (nSPS) is 10.6. The Kier molecular flexibility index (Phi) is 8.24. The number of hydrogen-bond donors (Lipinski definition) is 2. The summed E-state index contributed by atoms with van der Waals surface area (Å²) >= 11 is 6.04. The van der Waals surface area contributed by atoms with E-state index in [4.69, 9.17) is 21.1 Å². The quantitative estimate of drug-likeness (QED) is 0.233. The standard InChI is InChI=1S/C23H23ClFN3O4/c1-31-23-13-16(5-10-22(23)32-15-19-20(24)3-2-4-21(19)25)14-26-11-12-27-17-6-8-18(9-7-17)28(29)30/h2-10,13,26-27H,11-12,14-15H2,1H3. The van der Waals surface area contributed by atoms with Gasteiger partial charge in [-0.1, -0.05) is 23.7 Å². The molecule has 0 radical (unpaired) electrons. The van der Waals surface area contributed by atoms with Crippen LogP contribution in [0.4, 0.5) is 15.8 Å². The lowest BCUT2D eigenvalue weighted by atomic mass is 10.2. The van der Waals surface area contributed by atoms with Gasteiger partial charge in [0.05, 0.1) is 17.1 Å². The van der Waals surface area contributed by atoms with Crippen LogP contribution in [0.5, 0.6) is 11.5 Å². The van der Waals surface area contributed by atoms with Gasteiger partial charge in [0.2, 0.25) is 0 Å². The van der Waals surface area contributed by atoms with E-state index in [0.717, 1.165) is 11.3 Å². The van der Waals surface area contributed by atoms with Gasteiger partial charge in [-0.05, 0) is 42.0 Å². The van der Waals surface area contributed by atoms with Crippen molar-refractivity contribution in [2.24, 2.45) is 0 Å². The maximum absolute atomic E-state index is 13.9. The van der Waals surface area contributed by atoms with Crippen LogP contribution in [0, 0.1) is 15.9 Å². The second-order valence-corrected chi connectivity index (χ2v) is 7.29. The monoisotopic (exact) mass is 459 g/mol. The number of ether oxygens (including phenoxy) is 2. The van der Waals surface area contributed by atoms with Gasteiger partial charge < -0.3 is 20.1 Å². The van der Waals surface area contributed by atoms with Crippen molar-refractivity contribution in [2.45, 2.75) is 13.2 Å². The van der Waals surface area contributed by atoms with Crippen LogP contribution < -0.4 is 20.1 Å². The maximum atomic E-state index is 13.9. The first-order valence-corrected chi connectivity index (χ1v) is 10.3. The predicted molar refractivity (Wildman–Crippen MR) is 122 cm³/mol. The van der Waals surface area contributed by atoms with Crippen LogP contribution in [0.15, 0.2) is 60.7 Å². The molecule has 0 bridgehead atoms. The SMILES string of the molecule is COc1cc(CNCCNc2ccc([N+](=O)[O-])cc2)ccc1OCc1c(F)cccc1Cl. The fourth-order valence-electron chi connectivity index (χ4n) is 2.99. The first-order valence-electron chi connectivity index (χ1n) is 9.89. The summed E-state index contributed by atoms with van der Waals surface area (Å²) in [6.07, 6.45) is 0. The largest absolute Gasteiger partial charge is 0.493 e. The van der Waals surface area contributed by atoms with E-state index in [2.05, 4.69) is 10.6 Å². The second kappa shape index (κ2) is 11.3. The lowest BCUT2D eigenvalue weighted by Gasteiger charge is -2.14. The first-order chi connectivity index (χ1) is 15.5. The van der Waals surface area contributed by atoms with Crippen molar-refractivity contribution >= 4 is 23.0 Å². The van der Waals surface area contributed by atoms with E-state index in [-0.39, 0.29) is 12.3 Å². The van der Waals surface area contributed by atoms with Gasteiger partial charge in [-0.25, -0.2) is 4.39 Å². The second-order valence-electron chi connectivity index (χ2n) is 6.88. The Labute approximate surface area is 190 Å². The highest BCUT2D eigenvalue weighted by Crippen LogP contribution is 2.30. The zero-order chi connectivity index (χ0) is 22.9. The molecule has 7 nitrogen and oxygen atoms in total. The minimum absolute atomic E-state index is 0.00617. The Morgan fingerprint density at radius 3 is 2.53 bits per heavy atom. The van der Waals surface area contributed by atoms with Crippen LogP contribution in [0.3, 0.4) is 0 Å². The molecule has 9 heteroatoms. The summed E-state index contributed by atoms with van der Waals surface area (Å²) in [6.45, 7) is 1.94. The minimum Gasteiger partial charge on any atom is -0.493 e. The lowest BCUT2D eigenvalue weighted by molar-refractivity contribution is -0.384. The van der Waals surface area contributed by atoms with Gasteiger partial charge in [-0.3, -0.25) is 10.1 Å². The van der Waals surface area contributed by atoms with Crippen LogP contribution in [0.1, 0.15) is 11.1 Å². The predicted octanol–water partition coefficient (Wildman–Crippen LogP) is 5.18. The molecule has 0 aliphatic heterocycles. The number of nitrogens with zero attached hydrogens (tertiary/aromatic N) is 1. The third kappa shape index (κ3) is 6.32. The molecule has 0 aliphatic rings. The zero-order valence-corrected chi connectivity index (χ0v) is 18.2. The Hall–Kier alpha value is -3.36. The molecule has 3 aromatic carbocycles. The van der Waals surface area contributed by atoms with Crippen molar-refractivity contribution in [3.05, 3.63) is 92.7 Å². The molecular formula is C23H23ClFN3O4. The van der Waals surface area contributed by atoms with Crippen molar-refractivity contribution < 1.29 is 18.8 Å². The molecule has 2 N–H and O–H groups in total. The molecule has 0 spiro atoms. The average molecular weight is 460 g/mol. The number of nitro groups is 1. The molecule has 3 aromatic rings. The van der Waals surface area contributed by atoms with Crippen LogP contribution in [0.2, 0.25) is 5.02 Å². The number of hydrogen-bond acceptors (Lipinski definition) is 6. The van der Waals surface area contributed by atoms with Crippen molar-refractivity contribution in [1.29, 1.82) is 0 Å².